The van der Waals surface area contributed by atoms with Crippen molar-refractivity contribution < 1.29 is 9.59 Å². The third-order valence-electron chi connectivity index (χ3n) is 4.39. The Morgan fingerprint density at radius 1 is 1.12 bits per heavy atom. The van der Waals surface area contributed by atoms with Gasteiger partial charge in [0, 0.05) is 30.8 Å². The Bertz CT molecular complexity index is 766. The van der Waals surface area contributed by atoms with Crippen LogP contribution < -0.4 is 10.2 Å². The lowest BCUT2D eigenvalue weighted by Gasteiger charge is -2.18. The van der Waals surface area contributed by atoms with E-state index in [4.69, 9.17) is 0 Å². The summed E-state index contributed by atoms with van der Waals surface area (Å²) < 4.78 is 0. The molecular weight excluding hydrogens is 300 g/mol. The molecule has 124 valence electrons. The second-order valence-corrected chi connectivity index (χ2v) is 6.17. The van der Waals surface area contributed by atoms with Crippen molar-refractivity contribution in [2.24, 2.45) is 0 Å². The molecule has 0 saturated carbocycles. The van der Waals surface area contributed by atoms with E-state index in [0.717, 1.165) is 23.2 Å². The fourth-order valence-corrected chi connectivity index (χ4v) is 2.95. The normalized spacial score (nSPS) is 12.8. The topological polar surface area (TPSA) is 49.4 Å². The number of carbonyl (C=O) groups is 2. The van der Waals surface area contributed by atoms with Gasteiger partial charge in [-0.05, 0) is 42.7 Å². The highest BCUT2D eigenvalue weighted by molar-refractivity contribution is 6.07. The molecule has 4 nitrogen and oxygen atoms in total. The standard InChI is InChI=1S/C20H22N2O2/c1-3-19(23)21-13-15-6-9-18-17(12-15)10-11-22(18)20(24)16-7-4-14(2)5-8-16/h4-9,12H,3,10-11,13H2,1-2H3,(H,21,23). The molecule has 1 aliphatic rings. The fourth-order valence-electron chi connectivity index (χ4n) is 2.95. The Hall–Kier alpha value is -2.62. The Kier molecular flexibility index (Phi) is 4.65. The molecule has 1 N–H and O–H groups in total. The number of rotatable bonds is 4. The highest BCUT2D eigenvalue weighted by Crippen LogP contribution is 2.30. The number of nitrogens with one attached hydrogen (secondary N) is 1. The molecule has 2 aromatic carbocycles. The van der Waals surface area contributed by atoms with E-state index in [1.54, 1.807) is 0 Å². The van der Waals surface area contributed by atoms with Gasteiger partial charge in [-0.3, -0.25) is 9.59 Å². The molecule has 0 spiro atoms. The zero-order chi connectivity index (χ0) is 17.1. The number of carbonyl (C=O) groups excluding carboxylic acids is 2. The number of anilines is 1. The second-order valence-electron chi connectivity index (χ2n) is 6.17. The molecule has 1 heterocycles. The maximum atomic E-state index is 12.7. The first kappa shape index (κ1) is 16.2. The molecule has 0 bridgehead atoms. The molecule has 0 atom stereocenters. The largest absolute Gasteiger partial charge is 0.352 e. The van der Waals surface area contributed by atoms with Crippen molar-refractivity contribution in [2.75, 3.05) is 11.4 Å². The molecule has 3 rings (SSSR count). The molecule has 24 heavy (non-hydrogen) atoms. The summed E-state index contributed by atoms with van der Waals surface area (Å²) >= 11 is 0. The molecule has 0 fully saturated rings. The first-order valence-electron chi connectivity index (χ1n) is 8.35. The number of hydrogen-bond donors (Lipinski definition) is 1. The van der Waals surface area contributed by atoms with E-state index in [2.05, 4.69) is 11.4 Å². The van der Waals surface area contributed by atoms with Crippen molar-refractivity contribution in [3.05, 3.63) is 64.7 Å². The van der Waals surface area contributed by atoms with Crippen LogP contribution in [0, 0.1) is 6.92 Å². The van der Waals surface area contributed by atoms with E-state index >= 15 is 0 Å². The first-order valence-corrected chi connectivity index (χ1v) is 8.35. The van der Waals surface area contributed by atoms with Gasteiger partial charge >= 0.3 is 0 Å². The summed E-state index contributed by atoms with van der Waals surface area (Å²) in [6.07, 6.45) is 1.34. The molecular formula is C20H22N2O2. The Morgan fingerprint density at radius 3 is 2.58 bits per heavy atom. The Balaban J connectivity index is 1.76. The van der Waals surface area contributed by atoms with Crippen LogP contribution in [0.4, 0.5) is 5.69 Å². The van der Waals surface area contributed by atoms with Crippen molar-refractivity contribution in [1.29, 1.82) is 0 Å². The van der Waals surface area contributed by atoms with E-state index in [0.29, 0.717) is 25.1 Å². The molecule has 0 unspecified atom stereocenters. The van der Waals surface area contributed by atoms with E-state index < -0.39 is 0 Å². The van der Waals surface area contributed by atoms with Crippen LogP contribution in [0.25, 0.3) is 0 Å². The molecule has 1 aliphatic heterocycles. The van der Waals surface area contributed by atoms with Gasteiger partial charge in [-0.25, -0.2) is 0 Å². The Morgan fingerprint density at radius 2 is 1.88 bits per heavy atom. The highest BCUT2D eigenvalue weighted by atomic mass is 16.2. The number of benzene rings is 2. The van der Waals surface area contributed by atoms with Gasteiger partial charge in [0.05, 0.1) is 0 Å². The quantitative estimate of drug-likeness (QED) is 0.939. The molecule has 2 amide bonds. The summed E-state index contributed by atoms with van der Waals surface area (Å²) in [5.74, 6) is 0.0902. The summed E-state index contributed by atoms with van der Waals surface area (Å²) in [5, 5.41) is 2.89. The monoisotopic (exact) mass is 322 g/mol. The molecule has 0 aliphatic carbocycles. The van der Waals surface area contributed by atoms with Crippen LogP contribution in [0.15, 0.2) is 42.5 Å². The van der Waals surface area contributed by atoms with Gasteiger partial charge in [0.1, 0.15) is 0 Å². The maximum Gasteiger partial charge on any atom is 0.258 e. The van der Waals surface area contributed by atoms with E-state index in [1.807, 2.05) is 55.1 Å². The number of nitrogens with zero attached hydrogens (tertiary/aromatic N) is 1. The molecule has 2 aromatic rings. The van der Waals surface area contributed by atoms with Crippen molar-refractivity contribution in [3.63, 3.8) is 0 Å². The number of hydrogen-bond acceptors (Lipinski definition) is 2. The zero-order valence-electron chi connectivity index (χ0n) is 14.1. The predicted molar refractivity (Wildman–Crippen MR) is 95.1 cm³/mol. The van der Waals surface area contributed by atoms with E-state index in [-0.39, 0.29) is 11.8 Å². The van der Waals surface area contributed by atoms with Crippen LogP contribution in [0.2, 0.25) is 0 Å². The van der Waals surface area contributed by atoms with Gasteiger partial charge in [-0.2, -0.15) is 0 Å². The summed E-state index contributed by atoms with van der Waals surface area (Å²) in [4.78, 5) is 25.9. The van der Waals surface area contributed by atoms with Crippen LogP contribution in [0.3, 0.4) is 0 Å². The summed E-state index contributed by atoms with van der Waals surface area (Å²) in [5.41, 5.74) is 5.07. The summed E-state index contributed by atoms with van der Waals surface area (Å²) in [7, 11) is 0. The lowest BCUT2D eigenvalue weighted by molar-refractivity contribution is -0.120. The van der Waals surface area contributed by atoms with Gasteiger partial charge in [0.25, 0.3) is 5.91 Å². The van der Waals surface area contributed by atoms with Crippen LogP contribution in [-0.4, -0.2) is 18.4 Å². The first-order chi connectivity index (χ1) is 11.6. The van der Waals surface area contributed by atoms with Crippen LogP contribution in [-0.2, 0) is 17.8 Å². The number of aryl methyl sites for hydroxylation is 1. The number of fused-ring (bicyclic) bond motifs is 1. The minimum absolute atomic E-state index is 0.0424. The SMILES string of the molecule is CCC(=O)NCc1ccc2c(c1)CCN2C(=O)c1ccc(C)cc1. The zero-order valence-corrected chi connectivity index (χ0v) is 14.1. The predicted octanol–water partition coefficient (Wildman–Crippen LogP) is 3.22. The van der Waals surface area contributed by atoms with Crippen LogP contribution in [0.1, 0.15) is 40.4 Å². The minimum Gasteiger partial charge on any atom is -0.352 e. The Labute approximate surface area is 142 Å². The van der Waals surface area contributed by atoms with E-state index in [9.17, 15) is 9.59 Å². The fraction of sp³-hybridized carbons (Fsp3) is 0.300. The van der Waals surface area contributed by atoms with Crippen molar-refractivity contribution in [2.45, 2.75) is 33.2 Å². The summed E-state index contributed by atoms with van der Waals surface area (Å²) in [6.45, 7) is 5.09. The van der Waals surface area contributed by atoms with Gasteiger partial charge in [0.15, 0.2) is 0 Å². The maximum absolute atomic E-state index is 12.7. The summed E-state index contributed by atoms with van der Waals surface area (Å²) in [6, 6.07) is 13.7. The van der Waals surface area contributed by atoms with Gasteiger partial charge in [-0.1, -0.05) is 36.8 Å². The van der Waals surface area contributed by atoms with Gasteiger partial charge in [0.2, 0.25) is 5.91 Å². The third-order valence-corrected chi connectivity index (χ3v) is 4.39. The lowest BCUT2D eigenvalue weighted by Crippen LogP contribution is -2.28. The third kappa shape index (κ3) is 3.32. The van der Waals surface area contributed by atoms with E-state index in [1.165, 1.54) is 5.56 Å². The van der Waals surface area contributed by atoms with Crippen LogP contribution in [0.5, 0.6) is 0 Å². The molecule has 0 radical (unpaired) electrons. The minimum atomic E-state index is 0.0424. The average Bonchev–Trinajstić information content (AvgIpc) is 3.02. The molecule has 0 saturated heterocycles. The average molecular weight is 322 g/mol. The van der Waals surface area contributed by atoms with Crippen LogP contribution >= 0.6 is 0 Å². The smallest absolute Gasteiger partial charge is 0.258 e. The second kappa shape index (κ2) is 6.87. The van der Waals surface area contributed by atoms with Crippen molar-refractivity contribution >= 4 is 17.5 Å². The number of amides is 2. The van der Waals surface area contributed by atoms with Gasteiger partial charge < -0.3 is 10.2 Å². The molecule has 0 aromatic heterocycles. The highest BCUT2D eigenvalue weighted by Gasteiger charge is 2.25. The van der Waals surface area contributed by atoms with Crippen molar-refractivity contribution in [1.82, 2.24) is 5.32 Å². The van der Waals surface area contributed by atoms with Crippen molar-refractivity contribution in [3.8, 4) is 0 Å². The molecule has 4 heteroatoms. The van der Waals surface area contributed by atoms with Gasteiger partial charge in [-0.15, -0.1) is 0 Å². The lowest BCUT2D eigenvalue weighted by atomic mass is 10.1.